The van der Waals surface area contributed by atoms with Crippen molar-refractivity contribution in [2.75, 3.05) is 6.61 Å². The van der Waals surface area contributed by atoms with Gasteiger partial charge in [0.1, 0.15) is 11.5 Å². The van der Waals surface area contributed by atoms with Gasteiger partial charge < -0.3 is 9.47 Å². The van der Waals surface area contributed by atoms with E-state index in [2.05, 4.69) is 20.8 Å². The van der Waals surface area contributed by atoms with Crippen LogP contribution >= 0.6 is 0 Å². The Kier molecular flexibility index (Phi) is 9.61. The van der Waals surface area contributed by atoms with Gasteiger partial charge in [-0.2, -0.15) is 0 Å². The molecule has 0 unspecified atom stereocenters. The molecule has 0 bridgehead atoms. The maximum atomic E-state index is 12.3. The van der Waals surface area contributed by atoms with E-state index in [0.717, 1.165) is 25.2 Å². The topological polar surface area (TPSA) is 35.5 Å². The van der Waals surface area contributed by atoms with Crippen LogP contribution in [0.4, 0.5) is 0 Å². The molecule has 0 aliphatic heterocycles. The summed E-state index contributed by atoms with van der Waals surface area (Å²) < 4.78 is 11.2. The molecule has 3 heteroatoms. The maximum absolute atomic E-state index is 12.3. The van der Waals surface area contributed by atoms with Crippen molar-refractivity contribution in [1.29, 1.82) is 0 Å². The first-order valence-corrected chi connectivity index (χ1v) is 10.6. The lowest BCUT2D eigenvalue weighted by Gasteiger charge is -2.09. The molecule has 0 aromatic heterocycles. The zero-order valence-corrected chi connectivity index (χ0v) is 17.6. The number of rotatable bonds is 12. The van der Waals surface area contributed by atoms with E-state index in [9.17, 15) is 4.79 Å². The van der Waals surface area contributed by atoms with Crippen LogP contribution in [0.15, 0.2) is 48.5 Å². The van der Waals surface area contributed by atoms with Gasteiger partial charge in [-0.1, -0.05) is 65.0 Å². The van der Waals surface area contributed by atoms with E-state index in [1.165, 1.54) is 37.7 Å². The van der Waals surface area contributed by atoms with Crippen molar-refractivity contribution >= 4 is 5.97 Å². The lowest BCUT2D eigenvalue weighted by molar-refractivity contribution is 0.0734. The van der Waals surface area contributed by atoms with Crippen LogP contribution in [-0.4, -0.2) is 12.6 Å². The van der Waals surface area contributed by atoms with Crippen LogP contribution < -0.4 is 9.47 Å². The quantitative estimate of drug-likeness (QED) is 0.229. The molecular weight excluding hydrogens is 348 g/mol. The molecule has 0 saturated carbocycles. The highest BCUT2D eigenvalue weighted by Crippen LogP contribution is 2.19. The fourth-order valence-electron chi connectivity index (χ4n) is 3.09. The lowest BCUT2D eigenvalue weighted by Crippen LogP contribution is -2.08. The van der Waals surface area contributed by atoms with E-state index >= 15 is 0 Å². The zero-order chi connectivity index (χ0) is 20.2. The minimum atomic E-state index is -0.336. The average molecular weight is 383 g/mol. The highest BCUT2D eigenvalue weighted by Gasteiger charge is 2.09. The first-order chi connectivity index (χ1) is 13.6. The van der Waals surface area contributed by atoms with Gasteiger partial charge in [0.25, 0.3) is 0 Å². The summed E-state index contributed by atoms with van der Waals surface area (Å²) in [5, 5.41) is 0. The second-order valence-corrected chi connectivity index (χ2v) is 7.77. The van der Waals surface area contributed by atoms with Crippen LogP contribution in [0.1, 0.15) is 75.2 Å². The third-order valence-corrected chi connectivity index (χ3v) is 4.63. The predicted molar refractivity (Wildman–Crippen MR) is 115 cm³/mol. The van der Waals surface area contributed by atoms with Crippen molar-refractivity contribution in [3.05, 3.63) is 59.7 Å². The van der Waals surface area contributed by atoms with Crippen LogP contribution in [0.25, 0.3) is 0 Å². The second-order valence-electron chi connectivity index (χ2n) is 7.77. The van der Waals surface area contributed by atoms with Crippen molar-refractivity contribution in [2.24, 2.45) is 5.92 Å². The molecule has 28 heavy (non-hydrogen) atoms. The predicted octanol–water partition coefficient (Wildman–Crippen LogP) is 6.84. The molecule has 3 nitrogen and oxygen atoms in total. The summed E-state index contributed by atoms with van der Waals surface area (Å²) >= 11 is 0. The number of unbranched alkanes of at least 4 members (excludes halogenated alkanes) is 5. The Morgan fingerprint density at radius 1 is 0.821 bits per heavy atom. The number of esters is 1. The van der Waals surface area contributed by atoms with E-state index in [-0.39, 0.29) is 5.97 Å². The molecule has 2 rings (SSSR count). The minimum absolute atomic E-state index is 0.336. The largest absolute Gasteiger partial charge is 0.494 e. The van der Waals surface area contributed by atoms with Gasteiger partial charge in [0.2, 0.25) is 0 Å². The maximum Gasteiger partial charge on any atom is 0.343 e. The summed E-state index contributed by atoms with van der Waals surface area (Å²) in [5.74, 6) is 1.60. The summed E-state index contributed by atoms with van der Waals surface area (Å²) in [7, 11) is 0. The monoisotopic (exact) mass is 382 g/mol. The molecule has 2 aromatic carbocycles. The van der Waals surface area contributed by atoms with E-state index in [0.29, 0.717) is 17.2 Å². The number of benzene rings is 2. The standard InChI is InChI=1S/C25H34O3/c1-4-5-6-7-8-9-18-27-23-14-16-24(17-15-23)28-25(26)22-12-10-21(11-13-22)19-20(2)3/h10-17,20H,4-9,18-19H2,1-3H3. The van der Waals surface area contributed by atoms with E-state index in [1.54, 1.807) is 12.1 Å². The molecule has 0 heterocycles. The van der Waals surface area contributed by atoms with Crippen molar-refractivity contribution in [2.45, 2.75) is 65.7 Å². The summed E-state index contributed by atoms with van der Waals surface area (Å²) in [6.45, 7) is 7.33. The number of hydrogen-bond acceptors (Lipinski definition) is 3. The number of carbonyl (C=O) groups is 1. The molecule has 0 amide bonds. The molecule has 0 aliphatic rings. The normalized spacial score (nSPS) is 10.9. The van der Waals surface area contributed by atoms with Gasteiger partial charge in [-0.15, -0.1) is 0 Å². The summed E-state index contributed by atoms with van der Waals surface area (Å²) in [4.78, 5) is 12.3. The second kappa shape index (κ2) is 12.2. The average Bonchev–Trinajstić information content (AvgIpc) is 2.68. The molecule has 0 N–H and O–H groups in total. The first kappa shape index (κ1) is 22.0. The Balaban J connectivity index is 1.74. The summed E-state index contributed by atoms with van der Waals surface area (Å²) in [5.41, 5.74) is 1.80. The summed E-state index contributed by atoms with van der Waals surface area (Å²) in [6.07, 6.45) is 8.50. The third-order valence-electron chi connectivity index (χ3n) is 4.63. The molecular formula is C25H34O3. The zero-order valence-electron chi connectivity index (χ0n) is 17.6. The van der Waals surface area contributed by atoms with Gasteiger partial charge in [0.05, 0.1) is 12.2 Å². The van der Waals surface area contributed by atoms with Crippen LogP contribution in [0.5, 0.6) is 11.5 Å². The van der Waals surface area contributed by atoms with Crippen LogP contribution in [-0.2, 0) is 6.42 Å². The molecule has 0 radical (unpaired) electrons. The Hall–Kier alpha value is -2.29. The molecule has 0 spiro atoms. The van der Waals surface area contributed by atoms with E-state index in [4.69, 9.17) is 9.47 Å². The van der Waals surface area contributed by atoms with Crippen molar-refractivity contribution in [3.63, 3.8) is 0 Å². The fraction of sp³-hybridized carbons (Fsp3) is 0.480. The third kappa shape index (κ3) is 8.16. The molecule has 0 fully saturated rings. The van der Waals surface area contributed by atoms with Gasteiger partial charge in [0, 0.05) is 0 Å². The molecule has 2 aromatic rings. The SMILES string of the molecule is CCCCCCCCOc1ccc(OC(=O)c2ccc(CC(C)C)cc2)cc1. The molecule has 0 saturated heterocycles. The molecule has 0 atom stereocenters. The van der Waals surface area contributed by atoms with Gasteiger partial charge in [-0.25, -0.2) is 4.79 Å². The van der Waals surface area contributed by atoms with Gasteiger partial charge in [-0.05, 0) is 60.7 Å². The van der Waals surface area contributed by atoms with Crippen molar-refractivity contribution in [3.8, 4) is 11.5 Å². The first-order valence-electron chi connectivity index (χ1n) is 10.6. The van der Waals surface area contributed by atoms with Crippen LogP contribution in [0, 0.1) is 5.92 Å². The molecule has 0 aliphatic carbocycles. The Morgan fingerprint density at radius 3 is 2.07 bits per heavy atom. The molecule has 152 valence electrons. The number of ether oxygens (including phenoxy) is 2. The lowest BCUT2D eigenvalue weighted by atomic mass is 10.0. The van der Waals surface area contributed by atoms with Gasteiger partial charge in [0.15, 0.2) is 0 Å². The fourth-order valence-corrected chi connectivity index (χ4v) is 3.09. The highest BCUT2D eigenvalue weighted by atomic mass is 16.5. The number of hydrogen-bond donors (Lipinski definition) is 0. The Labute approximate surface area is 170 Å². The van der Waals surface area contributed by atoms with Crippen molar-refractivity contribution in [1.82, 2.24) is 0 Å². The van der Waals surface area contributed by atoms with Gasteiger partial charge >= 0.3 is 5.97 Å². The van der Waals surface area contributed by atoms with E-state index in [1.807, 2.05) is 36.4 Å². The Morgan fingerprint density at radius 2 is 1.43 bits per heavy atom. The smallest absolute Gasteiger partial charge is 0.343 e. The van der Waals surface area contributed by atoms with Crippen LogP contribution in [0.3, 0.4) is 0 Å². The van der Waals surface area contributed by atoms with Crippen molar-refractivity contribution < 1.29 is 14.3 Å². The minimum Gasteiger partial charge on any atom is -0.494 e. The highest BCUT2D eigenvalue weighted by molar-refractivity contribution is 5.91. The Bertz CT molecular complexity index is 687. The number of carbonyl (C=O) groups excluding carboxylic acids is 1. The summed E-state index contributed by atoms with van der Waals surface area (Å²) in [6, 6.07) is 14.9. The van der Waals surface area contributed by atoms with E-state index < -0.39 is 0 Å². The van der Waals surface area contributed by atoms with Gasteiger partial charge in [-0.3, -0.25) is 0 Å². The van der Waals surface area contributed by atoms with Crippen LogP contribution in [0.2, 0.25) is 0 Å².